The number of fused-ring (bicyclic) bond motifs is 1. The Bertz CT molecular complexity index is 683. The highest BCUT2D eigenvalue weighted by molar-refractivity contribution is 7.78. The van der Waals surface area contributed by atoms with Crippen LogP contribution in [-0.4, -0.2) is 31.0 Å². The molecule has 0 heterocycles. The van der Waals surface area contributed by atoms with Crippen LogP contribution in [0.5, 0.6) is 5.75 Å². The maximum Gasteiger partial charge on any atom is 0.257 e. The quantitative estimate of drug-likeness (QED) is 0.308. The Morgan fingerprint density at radius 3 is 2.83 bits per heavy atom. The van der Waals surface area contributed by atoms with Crippen LogP contribution >= 0.6 is 12.8 Å². The molecule has 0 aliphatic heterocycles. The number of nitrogens with two attached hydrogens (primary N) is 1. The molecule has 29 heavy (non-hydrogen) atoms. The van der Waals surface area contributed by atoms with Crippen LogP contribution in [0.15, 0.2) is 18.2 Å². The molecular weight excluding hydrogens is 386 g/mol. The molecule has 2 amide bonds. The highest BCUT2D eigenvalue weighted by Crippen LogP contribution is 2.40. The number of hydrogen-bond donors (Lipinski definition) is 4. The first-order valence-corrected chi connectivity index (χ1v) is 11.1. The molecule has 162 valence electrons. The predicted octanol–water partition coefficient (Wildman–Crippen LogP) is 3.11. The van der Waals surface area contributed by atoms with Gasteiger partial charge in [0, 0.05) is 6.54 Å². The first-order valence-electron chi connectivity index (χ1n) is 10.7. The monoisotopic (exact) mass is 421 g/mol. The van der Waals surface area contributed by atoms with Crippen LogP contribution in [0.4, 0.5) is 0 Å². The van der Waals surface area contributed by atoms with E-state index in [2.05, 4.69) is 48.8 Å². The number of hydrogen-bond acceptors (Lipinski definition) is 5. The molecular formula is C22H35N3O3S. The van der Waals surface area contributed by atoms with Crippen molar-refractivity contribution in [3.8, 4) is 5.75 Å². The number of rotatable bonds is 12. The first-order chi connectivity index (χ1) is 14.0. The number of amides is 2. The number of primary amides is 1. The molecule has 1 aromatic carbocycles. The van der Waals surface area contributed by atoms with Gasteiger partial charge in [-0.2, -0.15) is 0 Å². The molecule has 6 nitrogen and oxygen atoms in total. The van der Waals surface area contributed by atoms with Gasteiger partial charge in [-0.1, -0.05) is 39.1 Å². The Morgan fingerprint density at radius 2 is 2.14 bits per heavy atom. The molecule has 2 unspecified atom stereocenters. The Balaban J connectivity index is 1.73. The number of unbranched alkanes of at least 4 members (excludes halogenated alkanes) is 1. The molecule has 2 rings (SSSR count). The van der Waals surface area contributed by atoms with E-state index in [0.29, 0.717) is 18.9 Å². The molecule has 1 aromatic rings. The SMILES string of the molecule is CCCC1c2ccc(OCC(=O)NCCCC[C@H](NS)C(N)=O)cc2CCC1C. The van der Waals surface area contributed by atoms with Crippen molar-refractivity contribution < 1.29 is 14.3 Å². The van der Waals surface area contributed by atoms with E-state index in [9.17, 15) is 9.59 Å². The summed E-state index contributed by atoms with van der Waals surface area (Å²) in [6, 6.07) is 5.83. The highest BCUT2D eigenvalue weighted by atomic mass is 32.1. The summed E-state index contributed by atoms with van der Waals surface area (Å²) in [7, 11) is 0. The summed E-state index contributed by atoms with van der Waals surface area (Å²) in [6.45, 7) is 5.14. The molecule has 0 spiro atoms. The maximum absolute atomic E-state index is 12.0. The minimum absolute atomic E-state index is 0.00961. The first kappa shape index (κ1) is 23.5. The minimum atomic E-state index is -0.443. The fourth-order valence-electron chi connectivity index (χ4n) is 4.06. The van der Waals surface area contributed by atoms with Crippen molar-refractivity contribution in [3.63, 3.8) is 0 Å². The smallest absolute Gasteiger partial charge is 0.257 e. The fourth-order valence-corrected chi connectivity index (χ4v) is 4.32. The van der Waals surface area contributed by atoms with Crippen molar-refractivity contribution in [1.82, 2.24) is 10.0 Å². The van der Waals surface area contributed by atoms with Crippen LogP contribution < -0.4 is 20.5 Å². The predicted molar refractivity (Wildman–Crippen MR) is 119 cm³/mol. The van der Waals surface area contributed by atoms with Gasteiger partial charge in [-0.25, -0.2) is 0 Å². The zero-order chi connectivity index (χ0) is 21.2. The van der Waals surface area contributed by atoms with Gasteiger partial charge in [0.2, 0.25) is 5.91 Å². The number of ether oxygens (including phenoxy) is 1. The zero-order valence-electron chi connectivity index (χ0n) is 17.6. The maximum atomic E-state index is 12.0. The van der Waals surface area contributed by atoms with Gasteiger partial charge in [-0.15, -0.1) is 0 Å². The summed E-state index contributed by atoms with van der Waals surface area (Å²) < 4.78 is 8.29. The lowest BCUT2D eigenvalue weighted by atomic mass is 9.74. The van der Waals surface area contributed by atoms with E-state index >= 15 is 0 Å². The van der Waals surface area contributed by atoms with Gasteiger partial charge < -0.3 is 15.8 Å². The molecule has 0 bridgehead atoms. The van der Waals surface area contributed by atoms with Crippen LogP contribution in [0.2, 0.25) is 0 Å². The lowest BCUT2D eigenvalue weighted by molar-refractivity contribution is -0.123. The van der Waals surface area contributed by atoms with E-state index in [1.165, 1.54) is 30.4 Å². The van der Waals surface area contributed by atoms with E-state index in [0.717, 1.165) is 30.9 Å². The average molecular weight is 422 g/mol. The third kappa shape index (κ3) is 7.23. The van der Waals surface area contributed by atoms with Crippen LogP contribution in [0.3, 0.4) is 0 Å². The lowest BCUT2D eigenvalue weighted by Gasteiger charge is -2.31. The third-order valence-electron chi connectivity index (χ3n) is 5.78. The van der Waals surface area contributed by atoms with Gasteiger partial charge in [0.25, 0.3) is 5.91 Å². The average Bonchev–Trinajstić information content (AvgIpc) is 2.71. The third-order valence-corrected chi connectivity index (χ3v) is 6.09. The van der Waals surface area contributed by atoms with Crippen molar-refractivity contribution in [1.29, 1.82) is 0 Å². The van der Waals surface area contributed by atoms with Gasteiger partial charge in [0.05, 0.1) is 6.04 Å². The van der Waals surface area contributed by atoms with Crippen molar-refractivity contribution in [2.45, 2.75) is 70.8 Å². The number of aryl methyl sites for hydroxylation is 1. The van der Waals surface area contributed by atoms with Crippen molar-refractivity contribution in [3.05, 3.63) is 29.3 Å². The second-order valence-electron chi connectivity index (χ2n) is 7.99. The number of carbonyl (C=O) groups excluding carboxylic acids is 2. The topological polar surface area (TPSA) is 93.4 Å². The summed E-state index contributed by atoms with van der Waals surface area (Å²) in [4.78, 5) is 23.1. The van der Waals surface area contributed by atoms with Crippen LogP contribution in [0.25, 0.3) is 0 Å². The molecule has 4 N–H and O–H groups in total. The summed E-state index contributed by atoms with van der Waals surface area (Å²) in [5.74, 6) is 1.56. The van der Waals surface area contributed by atoms with E-state index in [1.54, 1.807) is 0 Å². The number of thiol groups is 1. The second-order valence-corrected chi connectivity index (χ2v) is 8.25. The van der Waals surface area contributed by atoms with E-state index < -0.39 is 11.9 Å². The second kappa shape index (κ2) is 12.1. The summed E-state index contributed by atoms with van der Waals surface area (Å²) in [6.07, 6.45) is 6.83. The number of benzene rings is 1. The Labute approximate surface area is 179 Å². The normalized spacial score (nSPS) is 19.3. The van der Waals surface area contributed by atoms with Crippen molar-refractivity contribution >= 4 is 24.6 Å². The van der Waals surface area contributed by atoms with E-state index in [4.69, 9.17) is 10.5 Å². The van der Waals surface area contributed by atoms with Crippen LogP contribution in [0.1, 0.15) is 69.4 Å². The molecule has 0 fully saturated rings. The molecule has 0 radical (unpaired) electrons. The molecule has 7 heteroatoms. The van der Waals surface area contributed by atoms with Gasteiger partial charge in [-0.05, 0) is 73.6 Å². The van der Waals surface area contributed by atoms with Gasteiger partial charge >= 0.3 is 0 Å². The van der Waals surface area contributed by atoms with Gasteiger partial charge in [-0.3, -0.25) is 14.3 Å². The summed E-state index contributed by atoms with van der Waals surface area (Å²) in [5.41, 5.74) is 8.05. The zero-order valence-corrected chi connectivity index (χ0v) is 18.5. The fraction of sp³-hybridized carbons (Fsp3) is 0.636. The molecule has 0 saturated carbocycles. The Morgan fingerprint density at radius 1 is 1.34 bits per heavy atom. The van der Waals surface area contributed by atoms with Crippen LogP contribution in [0, 0.1) is 5.92 Å². The van der Waals surface area contributed by atoms with Crippen LogP contribution in [-0.2, 0) is 16.0 Å². The van der Waals surface area contributed by atoms with Crippen molar-refractivity contribution in [2.24, 2.45) is 11.7 Å². The van der Waals surface area contributed by atoms with Gasteiger partial charge in [0.15, 0.2) is 6.61 Å². The molecule has 1 aliphatic carbocycles. The Hall–Kier alpha value is -1.73. The summed E-state index contributed by atoms with van der Waals surface area (Å²) in [5, 5.41) is 2.85. The molecule has 0 saturated heterocycles. The number of nitrogens with one attached hydrogen (secondary N) is 2. The van der Waals surface area contributed by atoms with E-state index in [-0.39, 0.29) is 12.5 Å². The van der Waals surface area contributed by atoms with Crippen molar-refractivity contribution in [2.75, 3.05) is 13.2 Å². The molecule has 3 atom stereocenters. The largest absolute Gasteiger partial charge is 0.484 e. The van der Waals surface area contributed by atoms with E-state index in [1.807, 2.05) is 6.07 Å². The summed E-state index contributed by atoms with van der Waals surface area (Å²) >= 11 is 3.89. The lowest BCUT2D eigenvalue weighted by Crippen LogP contribution is -2.36. The standard InChI is InChI=1S/C22H35N3O3S/c1-3-6-18-15(2)8-9-16-13-17(10-11-19(16)18)28-14-21(26)24-12-5-4-7-20(25-29)22(23)27/h10-11,13,15,18,20,25,29H,3-9,12,14H2,1-2H3,(H2,23,27)(H,24,26)/t15?,18?,20-/m0/s1. The minimum Gasteiger partial charge on any atom is -0.484 e. The Kier molecular flexibility index (Phi) is 9.81. The highest BCUT2D eigenvalue weighted by Gasteiger charge is 2.26. The number of carbonyl (C=O) groups is 2. The van der Waals surface area contributed by atoms with Gasteiger partial charge in [0.1, 0.15) is 5.75 Å². The molecule has 1 aliphatic rings. The molecule has 0 aromatic heterocycles.